The standard InChI is InChI=1S/C9H11NO4S/c1-3-7-4-6(9(11)12)5-8(10-7)15(2,13)14/h4-5H,3H2,1-2H3,(H,11,12). The minimum absolute atomic E-state index is 0.0534. The van der Waals surface area contributed by atoms with Crippen molar-refractivity contribution >= 4 is 15.8 Å². The third-order valence-corrected chi connectivity index (χ3v) is 2.81. The van der Waals surface area contributed by atoms with Crippen LogP contribution in [0.25, 0.3) is 0 Å². The van der Waals surface area contributed by atoms with Crippen LogP contribution in [0.3, 0.4) is 0 Å². The van der Waals surface area contributed by atoms with Gasteiger partial charge in [0.25, 0.3) is 0 Å². The molecule has 5 nitrogen and oxygen atoms in total. The van der Waals surface area contributed by atoms with E-state index in [-0.39, 0.29) is 10.6 Å². The van der Waals surface area contributed by atoms with Gasteiger partial charge in [-0.15, -0.1) is 0 Å². The van der Waals surface area contributed by atoms with Crippen LogP contribution in [0.2, 0.25) is 0 Å². The Kier molecular flexibility index (Phi) is 3.09. The summed E-state index contributed by atoms with van der Waals surface area (Å²) in [6, 6.07) is 2.44. The minimum Gasteiger partial charge on any atom is -0.478 e. The zero-order chi connectivity index (χ0) is 11.6. The molecule has 0 spiro atoms. The van der Waals surface area contributed by atoms with Gasteiger partial charge in [-0.25, -0.2) is 18.2 Å². The van der Waals surface area contributed by atoms with E-state index in [0.29, 0.717) is 12.1 Å². The molecule has 1 N–H and O–H groups in total. The molecule has 0 bridgehead atoms. The van der Waals surface area contributed by atoms with Crippen molar-refractivity contribution in [2.45, 2.75) is 18.4 Å². The lowest BCUT2D eigenvalue weighted by Gasteiger charge is -2.03. The summed E-state index contributed by atoms with van der Waals surface area (Å²) < 4.78 is 22.4. The van der Waals surface area contributed by atoms with Gasteiger partial charge in [0.05, 0.1) is 5.56 Å². The van der Waals surface area contributed by atoms with Crippen LogP contribution in [-0.2, 0) is 16.3 Å². The van der Waals surface area contributed by atoms with E-state index in [1.165, 1.54) is 6.07 Å². The molecule has 1 aromatic heterocycles. The number of rotatable bonds is 3. The number of sulfone groups is 1. The predicted octanol–water partition coefficient (Wildman–Crippen LogP) is 0.746. The fraction of sp³-hybridized carbons (Fsp3) is 0.333. The molecule has 15 heavy (non-hydrogen) atoms. The number of aryl methyl sites for hydroxylation is 1. The van der Waals surface area contributed by atoms with Crippen molar-refractivity contribution in [3.8, 4) is 0 Å². The maximum absolute atomic E-state index is 11.2. The maximum Gasteiger partial charge on any atom is 0.335 e. The summed E-state index contributed by atoms with van der Waals surface area (Å²) in [7, 11) is -3.47. The van der Waals surface area contributed by atoms with E-state index in [1.807, 2.05) is 0 Å². The highest BCUT2D eigenvalue weighted by Crippen LogP contribution is 2.11. The molecule has 1 aromatic rings. The first-order valence-corrected chi connectivity index (χ1v) is 6.18. The molecule has 82 valence electrons. The minimum atomic E-state index is -3.47. The summed E-state index contributed by atoms with van der Waals surface area (Å²) >= 11 is 0. The van der Waals surface area contributed by atoms with Gasteiger partial charge in [-0.05, 0) is 18.6 Å². The van der Waals surface area contributed by atoms with Gasteiger partial charge in [-0.3, -0.25) is 0 Å². The van der Waals surface area contributed by atoms with Crippen LogP contribution in [-0.4, -0.2) is 30.7 Å². The molecular weight excluding hydrogens is 218 g/mol. The Labute approximate surface area is 87.7 Å². The lowest BCUT2D eigenvalue weighted by molar-refractivity contribution is 0.0696. The summed E-state index contributed by atoms with van der Waals surface area (Å²) in [5.41, 5.74) is 0.401. The first-order chi connectivity index (χ1) is 6.84. The number of hydrogen-bond acceptors (Lipinski definition) is 4. The average Bonchev–Trinajstić information content (AvgIpc) is 2.15. The number of carbonyl (C=O) groups is 1. The Bertz CT molecular complexity index is 493. The van der Waals surface area contributed by atoms with Crippen LogP contribution in [0.1, 0.15) is 23.0 Å². The molecule has 0 fully saturated rings. The van der Waals surface area contributed by atoms with Gasteiger partial charge in [0.2, 0.25) is 0 Å². The van der Waals surface area contributed by atoms with Crippen LogP contribution in [0.15, 0.2) is 17.2 Å². The number of carboxylic acids is 1. The Morgan fingerprint density at radius 3 is 2.47 bits per heavy atom. The van der Waals surface area contributed by atoms with Crippen LogP contribution in [0.4, 0.5) is 0 Å². The summed E-state index contributed by atoms with van der Waals surface area (Å²) in [6.45, 7) is 1.78. The lowest BCUT2D eigenvalue weighted by atomic mass is 10.2. The Morgan fingerprint density at radius 1 is 1.47 bits per heavy atom. The topological polar surface area (TPSA) is 84.3 Å². The third-order valence-electron chi connectivity index (χ3n) is 1.84. The summed E-state index contributed by atoms with van der Waals surface area (Å²) in [5.74, 6) is -1.16. The second-order valence-corrected chi connectivity index (χ2v) is 5.08. The van der Waals surface area contributed by atoms with E-state index in [2.05, 4.69) is 4.98 Å². The molecule has 0 aliphatic carbocycles. The Balaban J connectivity index is 3.43. The van der Waals surface area contributed by atoms with Gasteiger partial charge in [0.1, 0.15) is 0 Å². The van der Waals surface area contributed by atoms with Crippen molar-refractivity contribution < 1.29 is 18.3 Å². The quantitative estimate of drug-likeness (QED) is 0.826. The molecule has 0 radical (unpaired) electrons. The highest BCUT2D eigenvalue weighted by Gasteiger charge is 2.14. The van der Waals surface area contributed by atoms with E-state index >= 15 is 0 Å². The molecule has 0 aliphatic rings. The number of hydrogen-bond donors (Lipinski definition) is 1. The van der Waals surface area contributed by atoms with Crippen molar-refractivity contribution in [1.29, 1.82) is 0 Å². The number of pyridine rings is 1. The Morgan fingerprint density at radius 2 is 2.07 bits per heavy atom. The van der Waals surface area contributed by atoms with Gasteiger partial charge in [-0.2, -0.15) is 0 Å². The number of aromatic nitrogens is 1. The van der Waals surface area contributed by atoms with Gasteiger partial charge in [0.15, 0.2) is 14.9 Å². The SMILES string of the molecule is CCc1cc(C(=O)O)cc(S(C)(=O)=O)n1. The van der Waals surface area contributed by atoms with Crippen molar-refractivity contribution in [2.75, 3.05) is 6.26 Å². The van der Waals surface area contributed by atoms with Gasteiger partial charge < -0.3 is 5.11 Å². The molecule has 0 aliphatic heterocycles. The summed E-state index contributed by atoms with van der Waals surface area (Å²) in [5, 5.41) is 8.58. The van der Waals surface area contributed by atoms with E-state index in [9.17, 15) is 13.2 Å². The highest BCUT2D eigenvalue weighted by molar-refractivity contribution is 7.90. The molecule has 6 heteroatoms. The molecule has 0 amide bonds. The molecule has 0 saturated heterocycles. The zero-order valence-corrected chi connectivity index (χ0v) is 9.21. The van der Waals surface area contributed by atoms with Crippen LogP contribution >= 0.6 is 0 Å². The van der Waals surface area contributed by atoms with Crippen LogP contribution < -0.4 is 0 Å². The lowest BCUT2D eigenvalue weighted by Crippen LogP contribution is -2.07. The maximum atomic E-state index is 11.2. The zero-order valence-electron chi connectivity index (χ0n) is 8.39. The number of aromatic carboxylic acids is 1. The Hall–Kier alpha value is -1.43. The first-order valence-electron chi connectivity index (χ1n) is 4.29. The largest absolute Gasteiger partial charge is 0.478 e. The second kappa shape index (κ2) is 3.98. The van der Waals surface area contributed by atoms with E-state index < -0.39 is 15.8 Å². The second-order valence-electron chi connectivity index (χ2n) is 3.12. The normalized spacial score (nSPS) is 11.3. The molecule has 0 atom stereocenters. The van der Waals surface area contributed by atoms with Crippen molar-refractivity contribution in [3.63, 3.8) is 0 Å². The van der Waals surface area contributed by atoms with Crippen LogP contribution in [0.5, 0.6) is 0 Å². The van der Waals surface area contributed by atoms with Crippen molar-refractivity contribution in [1.82, 2.24) is 4.98 Å². The molecule has 1 rings (SSSR count). The fourth-order valence-corrected chi connectivity index (χ4v) is 1.68. The monoisotopic (exact) mass is 229 g/mol. The van der Waals surface area contributed by atoms with E-state index in [0.717, 1.165) is 12.3 Å². The predicted molar refractivity (Wildman–Crippen MR) is 53.7 cm³/mol. The summed E-state index contributed by atoms with van der Waals surface area (Å²) in [6.07, 6.45) is 1.49. The molecule has 0 unspecified atom stereocenters. The molecule has 1 heterocycles. The smallest absolute Gasteiger partial charge is 0.335 e. The van der Waals surface area contributed by atoms with Crippen molar-refractivity contribution in [3.05, 3.63) is 23.4 Å². The summed E-state index contributed by atoms with van der Waals surface area (Å²) in [4.78, 5) is 14.6. The van der Waals surface area contributed by atoms with Gasteiger partial charge in [-0.1, -0.05) is 6.92 Å². The van der Waals surface area contributed by atoms with Crippen LogP contribution in [0, 0.1) is 0 Å². The van der Waals surface area contributed by atoms with E-state index in [1.54, 1.807) is 6.92 Å². The van der Waals surface area contributed by atoms with Gasteiger partial charge >= 0.3 is 5.97 Å². The highest BCUT2D eigenvalue weighted by atomic mass is 32.2. The van der Waals surface area contributed by atoms with Gasteiger partial charge in [0, 0.05) is 11.9 Å². The molecular formula is C9H11NO4S. The molecule has 0 saturated carbocycles. The third kappa shape index (κ3) is 2.76. The number of carboxylic acid groups (broad SMARTS) is 1. The fourth-order valence-electron chi connectivity index (χ4n) is 1.05. The first kappa shape index (κ1) is 11.6. The molecule has 0 aromatic carbocycles. The number of nitrogens with zero attached hydrogens (tertiary/aromatic N) is 1. The average molecular weight is 229 g/mol. The van der Waals surface area contributed by atoms with E-state index in [4.69, 9.17) is 5.11 Å². The van der Waals surface area contributed by atoms with Crippen molar-refractivity contribution in [2.24, 2.45) is 0 Å².